The molecule has 0 saturated carbocycles. The summed E-state index contributed by atoms with van der Waals surface area (Å²) in [7, 11) is -9.70. The fourth-order valence-corrected chi connectivity index (χ4v) is 6.98. The van der Waals surface area contributed by atoms with E-state index in [1.165, 1.54) is 70.6 Å². The molecule has 0 rings (SSSR count). The molecule has 14 nitrogen and oxygen atoms in total. The third kappa shape index (κ3) is 41.1. The van der Waals surface area contributed by atoms with E-state index in [4.69, 9.17) is 23.8 Å². The van der Waals surface area contributed by atoms with Gasteiger partial charge in [0.25, 0.3) is 0 Å². The third-order valence-corrected chi connectivity index (χ3v) is 10.6. The molecule has 0 amide bonds. The highest BCUT2D eigenvalue weighted by Crippen LogP contribution is 2.43. The Labute approximate surface area is 349 Å². The van der Waals surface area contributed by atoms with Crippen LogP contribution in [-0.2, 0) is 41.8 Å². The number of hydrogen-bond donors (Lipinski definition) is 5. The first-order chi connectivity index (χ1) is 27.8. The summed E-state index contributed by atoms with van der Waals surface area (Å²) >= 11 is 0. The van der Waals surface area contributed by atoms with E-state index in [0.717, 1.165) is 57.8 Å². The lowest BCUT2D eigenvalue weighted by Crippen LogP contribution is -2.30. The molecule has 0 spiro atoms. The largest absolute Gasteiger partial charge is 0.472 e. The number of esters is 2. The lowest BCUT2D eigenvalue weighted by molar-refractivity contribution is -0.161. The summed E-state index contributed by atoms with van der Waals surface area (Å²) in [6.07, 6.45) is 33.0. The summed E-state index contributed by atoms with van der Waals surface area (Å²) < 4.78 is 47.7. The maximum absolute atomic E-state index is 12.7. The topological polar surface area (TPSA) is 216 Å². The van der Waals surface area contributed by atoms with Gasteiger partial charge in [-0.2, -0.15) is 0 Å². The first-order valence-corrected chi connectivity index (χ1v) is 24.8. The monoisotopic (exact) mass is 868 g/mol. The predicted molar refractivity (Wildman–Crippen MR) is 227 cm³/mol. The van der Waals surface area contributed by atoms with Gasteiger partial charge in [-0.3, -0.25) is 23.2 Å². The number of rotatable bonds is 41. The highest BCUT2D eigenvalue weighted by atomic mass is 31.2. The van der Waals surface area contributed by atoms with Gasteiger partial charge in [-0.1, -0.05) is 166 Å². The minimum atomic E-state index is -4.87. The summed E-state index contributed by atoms with van der Waals surface area (Å²) in [4.78, 5) is 52.7. The number of carbonyl (C=O) groups is 2. The van der Waals surface area contributed by atoms with Gasteiger partial charge in [-0.25, -0.2) is 9.13 Å². The van der Waals surface area contributed by atoms with Crippen LogP contribution in [0.2, 0.25) is 0 Å². The predicted octanol–water partition coefficient (Wildman–Crippen LogP) is 9.87. The number of aliphatic hydroxyl groups excluding tert-OH is 2. The van der Waals surface area contributed by atoms with Crippen molar-refractivity contribution in [3.05, 3.63) is 36.5 Å². The molecule has 0 heterocycles. The summed E-state index contributed by atoms with van der Waals surface area (Å²) in [6, 6.07) is 0. The van der Waals surface area contributed by atoms with Gasteiger partial charge in [0.2, 0.25) is 0 Å². The molecule has 0 aliphatic carbocycles. The van der Waals surface area contributed by atoms with E-state index in [2.05, 4.69) is 35.0 Å². The number of unbranched alkanes of at least 4 members (excludes halogenated alkanes) is 18. The average Bonchev–Trinajstić information content (AvgIpc) is 3.17. The molecular formula is C42H78O14P2. The van der Waals surface area contributed by atoms with E-state index in [1.807, 2.05) is 18.2 Å². The molecular weight excluding hydrogens is 790 g/mol. The Morgan fingerprint density at radius 1 is 0.569 bits per heavy atom. The number of phosphoric ester groups is 2. The molecule has 16 heteroatoms. The highest BCUT2D eigenvalue weighted by molar-refractivity contribution is 7.47. The van der Waals surface area contributed by atoms with Crippen molar-refractivity contribution in [1.82, 2.24) is 0 Å². The van der Waals surface area contributed by atoms with Gasteiger partial charge in [-0.05, 0) is 32.1 Å². The molecule has 4 atom stereocenters. The van der Waals surface area contributed by atoms with Gasteiger partial charge in [0.15, 0.2) is 6.10 Å². The van der Waals surface area contributed by atoms with E-state index < -0.39 is 72.3 Å². The Hall–Kier alpha value is -1.70. The average molecular weight is 869 g/mol. The summed E-state index contributed by atoms with van der Waals surface area (Å²) in [5.74, 6) is -1.10. The Balaban J connectivity index is 4.58. The van der Waals surface area contributed by atoms with Gasteiger partial charge < -0.3 is 34.4 Å². The smallest absolute Gasteiger partial charge is 0.462 e. The van der Waals surface area contributed by atoms with E-state index in [0.29, 0.717) is 19.3 Å². The molecule has 340 valence electrons. The van der Waals surface area contributed by atoms with Crippen molar-refractivity contribution in [3.63, 3.8) is 0 Å². The Kier molecular flexibility index (Phi) is 37.1. The van der Waals surface area contributed by atoms with Crippen LogP contribution in [0.25, 0.3) is 0 Å². The number of phosphoric acid groups is 2. The van der Waals surface area contributed by atoms with Crippen LogP contribution in [0.15, 0.2) is 36.5 Å². The molecule has 0 aliphatic rings. The van der Waals surface area contributed by atoms with E-state index in [1.54, 1.807) is 6.08 Å². The minimum Gasteiger partial charge on any atom is -0.462 e. The lowest BCUT2D eigenvalue weighted by Gasteiger charge is -2.20. The van der Waals surface area contributed by atoms with Crippen molar-refractivity contribution in [1.29, 1.82) is 0 Å². The normalized spacial score (nSPS) is 14.9. The molecule has 2 unspecified atom stereocenters. The Morgan fingerprint density at radius 2 is 1.07 bits per heavy atom. The molecule has 0 saturated heterocycles. The second kappa shape index (κ2) is 38.2. The van der Waals surface area contributed by atoms with Gasteiger partial charge >= 0.3 is 27.6 Å². The zero-order chi connectivity index (χ0) is 43.2. The zero-order valence-electron chi connectivity index (χ0n) is 35.5. The molecule has 58 heavy (non-hydrogen) atoms. The molecule has 5 N–H and O–H groups in total. The van der Waals surface area contributed by atoms with E-state index in [-0.39, 0.29) is 12.8 Å². The van der Waals surface area contributed by atoms with Crippen LogP contribution in [0.5, 0.6) is 0 Å². The van der Waals surface area contributed by atoms with Crippen LogP contribution in [-0.4, -0.2) is 81.6 Å². The lowest BCUT2D eigenvalue weighted by atomic mass is 10.0. The van der Waals surface area contributed by atoms with Crippen LogP contribution >= 0.6 is 15.6 Å². The van der Waals surface area contributed by atoms with Crippen molar-refractivity contribution < 1.29 is 66.7 Å². The van der Waals surface area contributed by atoms with Crippen molar-refractivity contribution in [3.8, 4) is 0 Å². The SMILES string of the molecule is CC/C=C/C/C=C/C=C/C(O)CCCCCCCC(=O)OC[C@H](COP(=O)(O)OC[C@@H](O)COP(=O)(O)O)OC(=O)CCCCCCCCCCCCCCCCC. The Morgan fingerprint density at radius 3 is 1.62 bits per heavy atom. The van der Waals surface area contributed by atoms with Crippen LogP contribution < -0.4 is 0 Å². The first-order valence-electron chi connectivity index (χ1n) is 21.8. The van der Waals surface area contributed by atoms with E-state index in [9.17, 15) is 33.8 Å². The first kappa shape index (κ1) is 56.3. The van der Waals surface area contributed by atoms with Crippen molar-refractivity contribution in [2.45, 2.75) is 193 Å². The van der Waals surface area contributed by atoms with Gasteiger partial charge in [0.1, 0.15) is 12.7 Å². The number of aliphatic hydroxyl groups is 2. The van der Waals surface area contributed by atoms with Crippen LogP contribution in [0, 0.1) is 0 Å². The maximum atomic E-state index is 12.7. The number of allylic oxidation sites excluding steroid dienone is 5. The second-order valence-electron chi connectivity index (χ2n) is 14.8. The Bertz CT molecular complexity index is 1190. The summed E-state index contributed by atoms with van der Waals surface area (Å²) in [6.45, 7) is 1.53. The van der Waals surface area contributed by atoms with Crippen LogP contribution in [0.4, 0.5) is 0 Å². The molecule has 0 fully saturated rings. The fourth-order valence-electron chi connectivity index (χ4n) is 5.83. The fraction of sp³-hybridized carbons (Fsp3) is 0.810. The molecule has 0 bridgehead atoms. The van der Waals surface area contributed by atoms with Crippen molar-refractivity contribution >= 4 is 27.6 Å². The third-order valence-electron chi connectivity index (χ3n) is 9.14. The van der Waals surface area contributed by atoms with Gasteiger partial charge in [-0.15, -0.1) is 0 Å². The minimum absolute atomic E-state index is 0.114. The summed E-state index contributed by atoms with van der Waals surface area (Å²) in [5.41, 5.74) is 0. The van der Waals surface area contributed by atoms with Crippen molar-refractivity contribution in [2.75, 3.05) is 26.4 Å². The number of hydrogen-bond acceptors (Lipinski definition) is 11. The molecule has 0 radical (unpaired) electrons. The van der Waals surface area contributed by atoms with Crippen LogP contribution in [0.3, 0.4) is 0 Å². The maximum Gasteiger partial charge on any atom is 0.472 e. The van der Waals surface area contributed by atoms with Crippen LogP contribution in [0.1, 0.15) is 174 Å². The number of ether oxygens (including phenoxy) is 2. The van der Waals surface area contributed by atoms with E-state index >= 15 is 0 Å². The molecule has 0 aromatic carbocycles. The van der Waals surface area contributed by atoms with Gasteiger partial charge in [0.05, 0.1) is 25.9 Å². The van der Waals surface area contributed by atoms with Gasteiger partial charge in [0, 0.05) is 12.8 Å². The summed E-state index contributed by atoms with van der Waals surface area (Å²) in [5, 5.41) is 19.9. The zero-order valence-corrected chi connectivity index (χ0v) is 37.3. The molecule has 0 aliphatic heterocycles. The highest BCUT2D eigenvalue weighted by Gasteiger charge is 2.28. The quantitative estimate of drug-likeness (QED) is 0.0127. The molecule has 0 aromatic rings. The van der Waals surface area contributed by atoms with Crippen molar-refractivity contribution in [2.24, 2.45) is 0 Å². The number of carbonyl (C=O) groups excluding carboxylic acids is 2. The standard InChI is InChI=1S/C42H78O14P2/c1-3-5-7-9-11-12-13-14-15-16-17-18-20-24-29-33-42(46)56-40(37-55-58(50,51)54-35-39(44)34-53-57(47,48)49)36-52-41(45)32-28-25-21-23-27-31-38(43)30-26-22-19-10-8-6-4-2/h6,8,19,22,26,30,38-40,43-44H,3-5,7,9-18,20-21,23-25,27-29,31-37H2,1-2H3,(H,50,51)(H2,47,48,49)/b8-6+,22-19+,30-26+/t38?,39-,40+/m0/s1. The molecule has 0 aromatic heterocycles. The second-order valence-corrected chi connectivity index (χ2v) is 17.5.